The van der Waals surface area contributed by atoms with Crippen molar-refractivity contribution in [1.29, 1.82) is 0 Å². The Morgan fingerprint density at radius 3 is 2.76 bits per heavy atom. The van der Waals surface area contributed by atoms with E-state index >= 15 is 0 Å². The molecule has 0 unspecified atom stereocenters. The summed E-state index contributed by atoms with van der Waals surface area (Å²) in [5.41, 5.74) is 1.34. The lowest BCUT2D eigenvalue weighted by atomic mass is 10.1. The number of nitrogens with zero attached hydrogens (tertiary/aromatic N) is 7. The number of carbonyl (C=O) groups excluding carboxylic acids is 1. The van der Waals surface area contributed by atoms with E-state index in [1.54, 1.807) is 30.9 Å². The number of ether oxygens (including phenoxy) is 1. The standard InChI is InChI=1S/C20H24N8O4S/c1-25-10-16(8-22-25)33(30,31)28-6-5-27-11-19(29)24-17-7-14(20-21-13-23-26(20)2)3-4-18(17)32-12-15(27)9-28/h3-4,7-8,10,13,15H,5-6,9,11-12H2,1-2H3,(H,24,29)/t15-/m1/s1. The molecule has 2 aliphatic rings. The minimum absolute atomic E-state index is 0.141. The Labute approximate surface area is 190 Å². The average molecular weight is 473 g/mol. The molecule has 33 heavy (non-hydrogen) atoms. The van der Waals surface area contributed by atoms with Gasteiger partial charge >= 0.3 is 0 Å². The average Bonchev–Trinajstić information content (AvgIpc) is 3.42. The highest BCUT2D eigenvalue weighted by Gasteiger charge is 2.36. The minimum Gasteiger partial charge on any atom is -0.490 e. The van der Waals surface area contributed by atoms with Gasteiger partial charge in [0, 0.05) is 45.5 Å². The molecule has 0 radical (unpaired) electrons. The normalized spacial score (nSPS) is 20.1. The molecule has 1 N–H and O–H groups in total. The van der Waals surface area contributed by atoms with Crippen molar-refractivity contribution in [2.75, 3.05) is 38.1 Å². The van der Waals surface area contributed by atoms with E-state index in [2.05, 4.69) is 20.5 Å². The third-order valence-corrected chi connectivity index (χ3v) is 7.71. The molecular formula is C20H24N8O4S. The number of carbonyl (C=O) groups is 1. The van der Waals surface area contributed by atoms with Gasteiger partial charge in [-0.3, -0.25) is 14.4 Å². The number of amides is 1. The lowest BCUT2D eigenvalue weighted by Crippen LogP contribution is -2.57. The van der Waals surface area contributed by atoms with Gasteiger partial charge in [0.05, 0.1) is 24.5 Å². The molecule has 2 aliphatic heterocycles. The fourth-order valence-electron chi connectivity index (χ4n) is 4.14. The molecule has 1 saturated heterocycles. The van der Waals surface area contributed by atoms with Gasteiger partial charge in [0.15, 0.2) is 5.82 Å². The van der Waals surface area contributed by atoms with Crippen LogP contribution in [0.5, 0.6) is 5.75 Å². The maximum absolute atomic E-state index is 13.1. The van der Waals surface area contributed by atoms with Crippen LogP contribution in [0.25, 0.3) is 11.4 Å². The predicted molar refractivity (Wildman–Crippen MR) is 118 cm³/mol. The molecule has 1 amide bonds. The highest BCUT2D eigenvalue weighted by Crippen LogP contribution is 2.31. The van der Waals surface area contributed by atoms with E-state index < -0.39 is 10.0 Å². The van der Waals surface area contributed by atoms with Crippen molar-refractivity contribution < 1.29 is 17.9 Å². The molecule has 2 aromatic heterocycles. The fourth-order valence-corrected chi connectivity index (χ4v) is 5.59. The number of nitrogens with one attached hydrogen (secondary N) is 1. The Balaban J connectivity index is 1.39. The number of aryl methyl sites for hydroxylation is 2. The number of anilines is 1. The van der Waals surface area contributed by atoms with Gasteiger partial charge in [-0.05, 0) is 18.2 Å². The molecular weight excluding hydrogens is 448 g/mol. The van der Waals surface area contributed by atoms with Gasteiger partial charge < -0.3 is 10.1 Å². The van der Waals surface area contributed by atoms with E-state index in [0.29, 0.717) is 23.8 Å². The first-order valence-corrected chi connectivity index (χ1v) is 11.9. The Bertz CT molecular complexity index is 1300. The Hall–Kier alpha value is -3.29. The molecule has 0 spiro atoms. The lowest BCUT2D eigenvalue weighted by molar-refractivity contribution is -0.118. The van der Waals surface area contributed by atoms with Gasteiger partial charge in [0.1, 0.15) is 23.6 Å². The number of benzene rings is 1. The zero-order valence-corrected chi connectivity index (χ0v) is 19.1. The van der Waals surface area contributed by atoms with Crippen LogP contribution in [0.3, 0.4) is 0 Å². The van der Waals surface area contributed by atoms with Crippen LogP contribution >= 0.6 is 0 Å². The van der Waals surface area contributed by atoms with Crippen LogP contribution in [0.15, 0.2) is 41.8 Å². The van der Waals surface area contributed by atoms with E-state index in [4.69, 9.17) is 4.74 Å². The first-order chi connectivity index (χ1) is 15.8. The molecule has 3 aromatic rings. The van der Waals surface area contributed by atoms with Gasteiger partial charge in [-0.15, -0.1) is 0 Å². The third kappa shape index (κ3) is 4.10. The van der Waals surface area contributed by atoms with Crippen LogP contribution in [0.1, 0.15) is 0 Å². The number of hydrogen-bond donors (Lipinski definition) is 1. The molecule has 0 bridgehead atoms. The van der Waals surface area contributed by atoms with Gasteiger partial charge in [-0.2, -0.15) is 14.5 Å². The van der Waals surface area contributed by atoms with Crippen LogP contribution < -0.4 is 10.1 Å². The predicted octanol–water partition coefficient (Wildman–Crippen LogP) is -0.0784. The number of rotatable bonds is 3. The van der Waals surface area contributed by atoms with Crippen molar-refractivity contribution in [3.05, 3.63) is 36.9 Å². The second kappa shape index (κ2) is 8.24. The topological polar surface area (TPSA) is 127 Å². The maximum atomic E-state index is 13.1. The Kier molecular flexibility index (Phi) is 5.38. The molecule has 4 heterocycles. The lowest BCUT2D eigenvalue weighted by Gasteiger charge is -2.39. The van der Waals surface area contributed by atoms with Crippen LogP contribution in [-0.4, -0.2) is 86.9 Å². The molecule has 1 fully saturated rings. The molecule has 1 aromatic carbocycles. The monoisotopic (exact) mass is 472 g/mol. The van der Waals surface area contributed by atoms with E-state index in [9.17, 15) is 13.2 Å². The van der Waals surface area contributed by atoms with Crippen molar-refractivity contribution in [3.8, 4) is 17.1 Å². The number of aromatic nitrogens is 5. The van der Waals surface area contributed by atoms with Crippen LogP contribution in [0.2, 0.25) is 0 Å². The summed E-state index contributed by atoms with van der Waals surface area (Å²) in [6.45, 7) is 1.30. The summed E-state index contributed by atoms with van der Waals surface area (Å²) < 4.78 is 36.7. The fraction of sp³-hybridized carbons (Fsp3) is 0.400. The number of fused-ring (bicyclic) bond motifs is 2. The van der Waals surface area contributed by atoms with E-state index in [-0.39, 0.29) is 43.1 Å². The number of hydrogen-bond acceptors (Lipinski definition) is 8. The zero-order valence-electron chi connectivity index (χ0n) is 18.2. The largest absolute Gasteiger partial charge is 0.490 e. The van der Waals surface area contributed by atoms with Crippen molar-refractivity contribution in [1.82, 2.24) is 33.8 Å². The third-order valence-electron chi connectivity index (χ3n) is 5.89. The first kappa shape index (κ1) is 21.6. The molecule has 1 atom stereocenters. The van der Waals surface area contributed by atoms with E-state index in [1.807, 2.05) is 11.0 Å². The number of piperazine rings is 1. The van der Waals surface area contributed by atoms with Gasteiger partial charge in [0.2, 0.25) is 15.9 Å². The van der Waals surface area contributed by atoms with Gasteiger partial charge in [0.25, 0.3) is 0 Å². The highest BCUT2D eigenvalue weighted by molar-refractivity contribution is 7.89. The summed E-state index contributed by atoms with van der Waals surface area (Å²) in [5, 5.41) is 11.0. The molecule has 13 heteroatoms. The Morgan fingerprint density at radius 2 is 2.03 bits per heavy atom. The summed E-state index contributed by atoms with van der Waals surface area (Å²) in [6, 6.07) is 5.16. The summed E-state index contributed by atoms with van der Waals surface area (Å²) >= 11 is 0. The smallest absolute Gasteiger partial charge is 0.246 e. The van der Waals surface area contributed by atoms with Crippen molar-refractivity contribution >= 4 is 21.6 Å². The molecule has 0 saturated carbocycles. The molecule has 0 aliphatic carbocycles. The summed E-state index contributed by atoms with van der Waals surface area (Å²) in [7, 11) is -0.209. The van der Waals surface area contributed by atoms with Crippen LogP contribution in [0, 0.1) is 0 Å². The molecule has 174 valence electrons. The summed E-state index contributed by atoms with van der Waals surface area (Å²) in [4.78, 5) is 19.2. The summed E-state index contributed by atoms with van der Waals surface area (Å²) in [6.07, 6.45) is 4.30. The van der Waals surface area contributed by atoms with Crippen molar-refractivity contribution in [3.63, 3.8) is 0 Å². The minimum atomic E-state index is -3.68. The zero-order chi connectivity index (χ0) is 23.2. The summed E-state index contributed by atoms with van der Waals surface area (Å²) in [5.74, 6) is 0.995. The van der Waals surface area contributed by atoms with Crippen LogP contribution in [-0.2, 0) is 28.9 Å². The Morgan fingerprint density at radius 1 is 1.18 bits per heavy atom. The SMILES string of the molecule is Cn1cc(S(=O)(=O)N2CCN3CC(=O)Nc4cc(-c5ncnn5C)ccc4OC[C@H]3C2)cn1. The maximum Gasteiger partial charge on any atom is 0.246 e. The van der Waals surface area contributed by atoms with Gasteiger partial charge in [-0.25, -0.2) is 18.1 Å². The number of sulfonamides is 1. The molecule has 12 nitrogen and oxygen atoms in total. The quantitative estimate of drug-likeness (QED) is 0.561. The van der Waals surface area contributed by atoms with Crippen molar-refractivity contribution in [2.45, 2.75) is 10.9 Å². The van der Waals surface area contributed by atoms with Gasteiger partial charge in [-0.1, -0.05) is 0 Å². The van der Waals surface area contributed by atoms with E-state index in [0.717, 1.165) is 5.56 Å². The van der Waals surface area contributed by atoms with Crippen molar-refractivity contribution in [2.24, 2.45) is 14.1 Å². The highest BCUT2D eigenvalue weighted by atomic mass is 32.2. The first-order valence-electron chi connectivity index (χ1n) is 10.4. The van der Waals surface area contributed by atoms with E-state index in [1.165, 1.54) is 27.7 Å². The second-order valence-corrected chi connectivity index (χ2v) is 10.1. The second-order valence-electron chi connectivity index (χ2n) is 8.11. The molecule has 5 rings (SSSR count). The van der Waals surface area contributed by atoms with Crippen LogP contribution in [0.4, 0.5) is 5.69 Å².